The summed E-state index contributed by atoms with van der Waals surface area (Å²) in [6.45, 7) is 7.12. The molecule has 13 heavy (non-hydrogen) atoms. The van der Waals surface area contributed by atoms with Crippen LogP contribution < -0.4 is 5.73 Å². The van der Waals surface area contributed by atoms with Gasteiger partial charge in [0, 0.05) is 0 Å². The van der Waals surface area contributed by atoms with Crippen LogP contribution in [0.2, 0.25) is 0 Å². The lowest BCUT2D eigenvalue weighted by molar-refractivity contribution is -0.0754. The van der Waals surface area contributed by atoms with Crippen LogP contribution in [0.4, 0.5) is 0 Å². The molecule has 0 aromatic heterocycles. The fraction of sp³-hybridized carbons (Fsp3) is 1.00. The van der Waals surface area contributed by atoms with Gasteiger partial charge in [-0.15, -0.1) is 0 Å². The highest BCUT2D eigenvalue weighted by atomic mass is 16.3. The molecule has 0 aromatic rings. The molecule has 0 spiro atoms. The molecule has 1 fully saturated rings. The summed E-state index contributed by atoms with van der Waals surface area (Å²) in [7, 11) is 0. The van der Waals surface area contributed by atoms with Crippen LogP contribution in [0, 0.1) is 11.3 Å². The van der Waals surface area contributed by atoms with Gasteiger partial charge in [0.05, 0.1) is 5.60 Å². The molecule has 2 heteroatoms. The summed E-state index contributed by atoms with van der Waals surface area (Å²) >= 11 is 0. The third-order valence-corrected chi connectivity index (χ3v) is 3.52. The molecule has 0 aromatic carbocycles. The second-order valence-electron chi connectivity index (χ2n) is 5.43. The number of rotatable bonds is 2. The summed E-state index contributed by atoms with van der Waals surface area (Å²) in [5.41, 5.74) is 5.40. The Labute approximate surface area is 81.5 Å². The minimum absolute atomic E-state index is 0.229. The summed E-state index contributed by atoms with van der Waals surface area (Å²) in [6, 6.07) is 0. The molecule has 2 nitrogen and oxygen atoms in total. The van der Waals surface area contributed by atoms with Gasteiger partial charge in [0.25, 0.3) is 0 Å². The average molecular weight is 185 g/mol. The van der Waals surface area contributed by atoms with Gasteiger partial charge in [-0.2, -0.15) is 0 Å². The minimum atomic E-state index is -0.503. The van der Waals surface area contributed by atoms with Gasteiger partial charge in [0.15, 0.2) is 0 Å². The second kappa shape index (κ2) is 3.58. The highest BCUT2D eigenvalue weighted by Crippen LogP contribution is 2.43. The van der Waals surface area contributed by atoms with E-state index in [4.69, 9.17) is 5.73 Å². The van der Waals surface area contributed by atoms with Gasteiger partial charge in [0.2, 0.25) is 0 Å². The predicted octanol–water partition coefficient (Wildman–Crippen LogP) is 1.91. The molecular formula is C11H23NO. The summed E-state index contributed by atoms with van der Waals surface area (Å²) in [6.07, 6.45) is 4.19. The predicted molar refractivity (Wildman–Crippen MR) is 55.4 cm³/mol. The molecule has 2 unspecified atom stereocenters. The third-order valence-electron chi connectivity index (χ3n) is 3.52. The van der Waals surface area contributed by atoms with Gasteiger partial charge in [0.1, 0.15) is 0 Å². The first kappa shape index (κ1) is 11.0. The van der Waals surface area contributed by atoms with Crippen LogP contribution in [0.5, 0.6) is 0 Å². The number of hydrogen-bond donors (Lipinski definition) is 2. The van der Waals surface area contributed by atoms with Gasteiger partial charge in [-0.3, -0.25) is 0 Å². The maximum absolute atomic E-state index is 10.4. The highest BCUT2D eigenvalue weighted by molar-refractivity contribution is 4.93. The quantitative estimate of drug-likeness (QED) is 0.690. The summed E-state index contributed by atoms with van der Waals surface area (Å²) in [5, 5.41) is 10.4. The number of hydrogen-bond acceptors (Lipinski definition) is 2. The molecule has 0 bridgehead atoms. The van der Waals surface area contributed by atoms with Crippen molar-refractivity contribution in [3.63, 3.8) is 0 Å². The molecule has 0 aliphatic heterocycles. The standard InChI is InChI=1S/C11H23NO/c1-9(7-12)11(13)6-4-5-10(2,3)8-11/h9,13H,4-8,12H2,1-3H3. The van der Waals surface area contributed by atoms with Crippen molar-refractivity contribution in [1.29, 1.82) is 0 Å². The van der Waals surface area contributed by atoms with E-state index < -0.39 is 5.60 Å². The van der Waals surface area contributed by atoms with E-state index in [1.165, 1.54) is 6.42 Å². The molecule has 0 radical (unpaired) electrons. The summed E-state index contributed by atoms with van der Waals surface area (Å²) < 4.78 is 0. The monoisotopic (exact) mass is 185 g/mol. The Balaban J connectivity index is 2.68. The average Bonchev–Trinajstić information content (AvgIpc) is 2.00. The molecule has 1 aliphatic rings. The van der Waals surface area contributed by atoms with E-state index in [2.05, 4.69) is 20.8 Å². The lowest BCUT2D eigenvalue weighted by Gasteiger charge is -2.44. The van der Waals surface area contributed by atoms with Crippen LogP contribution in [0.3, 0.4) is 0 Å². The van der Waals surface area contributed by atoms with Crippen molar-refractivity contribution in [3.05, 3.63) is 0 Å². The van der Waals surface area contributed by atoms with E-state index in [9.17, 15) is 5.11 Å². The maximum Gasteiger partial charge on any atom is 0.0690 e. The Morgan fingerprint density at radius 3 is 2.46 bits per heavy atom. The lowest BCUT2D eigenvalue weighted by Crippen LogP contribution is -2.46. The molecule has 1 rings (SSSR count). The molecule has 78 valence electrons. The first-order valence-electron chi connectivity index (χ1n) is 5.32. The Morgan fingerprint density at radius 1 is 1.38 bits per heavy atom. The van der Waals surface area contributed by atoms with Crippen molar-refractivity contribution in [2.75, 3.05) is 6.54 Å². The van der Waals surface area contributed by atoms with Gasteiger partial charge in [-0.1, -0.05) is 27.2 Å². The van der Waals surface area contributed by atoms with Gasteiger partial charge in [-0.05, 0) is 37.1 Å². The van der Waals surface area contributed by atoms with Crippen LogP contribution >= 0.6 is 0 Å². The normalized spacial score (nSPS) is 35.8. The van der Waals surface area contributed by atoms with Crippen molar-refractivity contribution in [2.24, 2.45) is 17.1 Å². The molecule has 1 aliphatic carbocycles. The first-order valence-corrected chi connectivity index (χ1v) is 5.32. The Morgan fingerprint density at radius 2 is 2.00 bits per heavy atom. The summed E-state index contributed by atoms with van der Waals surface area (Å²) in [5.74, 6) is 0.229. The fourth-order valence-electron chi connectivity index (χ4n) is 2.52. The van der Waals surface area contributed by atoms with E-state index in [0.717, 1.165) is 19.3 Å². The highest BCUT2D eigenvalue weighted by Gasteiger charge is 2.41. The van der Waals surface area contributed by atoms with E-state index in [1.807, 2.05) is 0 Å². The first-order chi connectivity index (χ1) is 5.90. The molecule has 0 saturated heterocycles. The van der Waals surface area contributed by atoms with Gasteiger partial charge >= 0.3 is 0 Å². The van der Waals surface area contributed by atoms with Gasteiger partial charge in [-0.25, -0.2) is 0 Å². The SMILES string of the molecule is CC(CN)C1(O)CCCC(C)(C)C1. The Hall–Kier alpha value is -0.0800. The largest absolute Gasteiger partial charge is 0.390 e. The van der Waals surface area contributed by atoms with Crippen molar-refractivity contribution < 1.29 is 5.11 Å². The second-order valence-corrected chi connectivity index (χ2v) is 5.43. The molecule has 0 heterocycles. The van der Waals surface area contributed by atoms with Crippen molar-refractivity contribution in [2.45, 2.75) is 52.1 Å². The van der Waals surface area contributed by atoms with E-state index in [-0.39, 0.29) is 11.3 Å². The van der Waals surface area contributed by atoms with Crippen molar-refractivity contribution in [3.8, 4) is 0 Å². The molecule has 0 amide bonds. The van der Waals surface area contributed by atoms with Crippen LogP contribution in [0.15, 0.2) is 0 Å². The topological polar surface area (TPSA) is 46.2 Å². The van der Waals surface area contributed by atoms with Crippen molar-refractivity contribution in [1.82, 2.24) is 0 Å². The molecule has 3 N–H and O–H groups in total. The van der Waals surface area contributed by atoms with Crippen molar-refractivity contribution >= 4 is 0 Å². The number of aliphatic hydroxyl groups is 1. The van der Waals surface area contributed by atoms with E-state index in [1.54, 1.807) is 0 Å². The van der Waals surface area contributed by atoms with Crippen LogP contribution in [0.25, 0.3) is 0 Å². The smallest absolute Gasteiger partial charge is 0.0690 e. The third kappa shape index (κ3) is 2.44. The van der Waals surface area contributed by atoms with Gasteiger partial charge < -0.3 is 10.8 Å². The maximum atomic E-state index is 10.4. The van der Waals surface area contributed by atoms with Crippen LogP contribution in [-0.4, -0.2) is 17.3 Å². The molecule has 2 atom stereocenters. The van der Waals surface area contributed by atoms with E-state index in [0.29, 0.717) is 6.54 Å². The molecular weight excluding hydrogens is 162 g/mol. The zero-order valence-corrected chi connectivity index (χ0v) is 9.14. The minimum Gasteiger partial charge on any atom is -0.390 e. The zero-order valence-electron chi connectivity index (χ0n) is 9.14. The van der Waals surface area contributed by atoms with Crippen LogP contribution in [0.1, 0.15) is 46.5 Å². The Bertz CT molecular complexity index is 179. The Kier molecular flexibility index (Phi) is 3.03. The van der Waals surface area contributed by atoms with E-state index >= 15 is 0 Å². The lowest BCUT2D eigenvalue weighted by atomic mass is 9.66. The zero-order chi connectivity index (χ0) is 10.1. The fourth-order valence-corrected chi connectivity index (χ4v) is 2.52. The number of nitrogens with two attached hydrogens (primary N) is 1. The summed E-state index contributed by atoms with van der Waals surface area (Å²) in [4.78, 5) is 0. The van der Waals surface area contributed by atoms with Crippen LogP contribution in [-0.2, 0) is 0 Å². The molecule has 1 saturated carbocycles.